The molecule has 9 heteroatoms. The van der Waals surface area contributed by atoms with Gasteiger partial charge in [-0.25, -0.2) is 0 Å². The second-order valence-electron chi connectivity index (χ2n) is 15.6. The van der Waals surface area contributed by atoms with E-state index in [0.717, 1.165) is 47.3 Å². The van der Waals surface area contributed by atoms with Crippen molar-refractivity contribution in [3.8, 4) is 0 Å². The minimum absolute atomic E-state index is 0. The largest absolute Gasteiger partial charge is 0.286 e. The topological polar surface area (TPSA) is 96.2 Å². The number of fused-ring (bicyclic) bond motifs is 20. The fraction of sp³-hybridized carbons (Fsp3) is 1.00. The molecule has 0 amide bonds. The van der Waals surface area contributed by atoms with E-state index in [2.05, 4.69) is 42.5 Å². The summed E-state index contributed by atoms with van der Waals surface area (Å²) >= 11 is 0. The van der Waals surface area contributed by atoms with Gasteiger partial charge in [-0.05, 0) is 98.7 Å². The average molecular weight is 573 g/mol. The van der Waals surface area contributed by atoms with Crippen molar-refractivity contribution in [3.05, 3.63) is 0 Å². The van der Waals surface area contributed by atoms with Crippen LogP contribution in [0, 0.1) is 47.3 Å². The molecule has 0 spiro atoms. The summed E-state index contributed by atoms with van der Waals surface area (Å²) in [5.74, 6) is 5.97. The third-order valence-electron chi connectivity index (χ3n) is 13.8. The first-order valence-electron chi connectivity index (χ1n) is 17.9. The molecular weight excluding hydrogens is 515 g/mol. The molecule has 8 unspecified atom stereocenters. The SMILES string of the molecule is C1CCC2C3NC(NC4NC(NC5NC(NC6NC(N3)C3CCCCC63)C3CCCCC53)C3CCCCC43)C2C1.F. The fourth-order valence-electron chi connectivity index (χ4n) is 12.0. The fourth-order valence-corrected chi connectivity index (χ4v) is 12.0. The lowest BCUT2D eigenvalue weighted by Gasteiger charge is -2.35. The van der Waals surface area contributed by atoms with Crippen LogP contribution >= 0.6 is 0 Å². The van der Waals surface area contributed by atoms with Crippen molar-refractivity contribution in [1.82, 2.24) is 42.5 Å². The molecule has 232 valence electrons. The molecule has 8 bridgehead atoms. The molecule has 0 radical (unpaired) electrons. The van der Waals surface area contributed by atoms with E-state index in [1.54, 1.807) is 0 Å². The van der Waals surface area contributed by atoms with Crippen LogP contribution in [-0.4, -0.2) is 49.3 Å². The predicted octanol–water partition coefficient (Wildman–Crippen LogP) is 2.76. The van der Waals surface area contributed by atoms with Gasteiger partial charge < -0.3 is 0 Å². The summed E-state index contributed by atoms with van der Waals surface area (Å²) in [5.41, 5.74) is 0. The van der Waals surface area contributed by atoms with Crippen LogP contribution in [0.4, 0.5) is 4.70 Å². The van der Waals surface area contributed by atoms with Gasteiger partial charge in [-0.2, -0.15) is 0 Å². The maximum atomic E-state index is 4.26. The van der Waals surface area contributed by atoms with E-state index in [-0.39, 0.29) is 4.70 Å². The Morgan fingerprint density at radius 2 is 0.341 bits per heavy atom. The second kappa shape index (κ2) is 11.5. The van der Waals surface area contributed by atoms with Gasteiger partial charge in [0.15, 0.2) is 0 Å². The summed E-state index contributed by atoms with van der Waals surface area (Å²) in [6.07, 6.45) is 25.6. The van der Waals surface area contributed by atoms with Crippen molar-refractivity contribution >= 4 is 0 Å². The standard InChI is InChI=1S/C32H56N8.FH/c1-2-10-18-17(9-1)25-33-26(18)38-28-21-13-5-6-14-22(21)30(35-28)40-32-24-16-8-7-15-23(24)31(36-32)39-29-20-12-4-3-11-19(20)27(34-29)37-25;/h17-40H,1-16H2;1H. The molecule has 5 aliphatic heterocycles. The van der Waals surface area contributed by atoms with E-state index in [1.807, 2.05) is 0 Å². The Morgan fingerprint density at radius 1 is 0.220 bits per heavy atom. The van der Waals surface area contributed by atoms with Crippen LogP contribution < -0.4 is 42.5 Å². The summed E-state index contributed by atoms with van der Waals surface area (Å²) in [5, 5.41) is 33.8. The molecule has 4 saturated carbocycles. The van der Waals surface area contributed by atoms with Crippen molar-refractivity contribution in [1.29, 1.82) is 0 Å². The van der Waals surface area contributed by atoms with Crippen molar-refractivity contribution in [3.63, 3.8) is 0 Å². The summed E-state index contributed by atoms with van der Waals surface area (Å²) in [6.45, 7) is 0. The smallest absolute Gasteiger partial charge is 0.0628 e. The van der Waals surface area contributed by atoms with E-state index in [4.69, 9.17) is 0 Å². The number of hydrogen-bond donors (Lipinski definition) is 8. The lowest BCUT2D eigenvalue weighted by atomic mass is 9.76. The molecular formula is C32H57FN8. The van der Waals surface area contributed by atoms with Gasteiger partial charge in [-0.1, -0.05) is 51.4 Å². The second-order valence-corrected chi connectivity index (χ2v) is 15.6. The molecule has 8 N–H and O–H groups in total. The number of hydrogen-bond acceptors (Lipinski definition) is 8. The minimum Gasteiger partial charge on any atom is -0.286 e. The van der Waals surface area contributed by atoms with Gasteiger partial charge in [0.2, 0.25) is 0 Å². The Labute approximate surface area is 246 Å². The van der Waals surface area contributed by atoms with Crippen LogP contribution in [-0.2, 0) is 0 Å². The van der Waals surface area contributed by atoms with Gasteiger partial charge in [-0.3, -0.25) is 47.2 Å². The third-order valence-corrected chi connectivity index (χ3v) is 13.8. The van der Waals surface area contributed by atoms with Crippen LogP contribution in [0.15, 0.2) is 0 Å². The number of rotatable bonds is 0. The van der Waals surface area contributed by atoms with E-state index >= 15 is 0 Å². The summed E-state index contributed by atoms with van der Waals surface area (Å²) < 4.78 is 0. The highest BCUT2D eigenvalue weighted by atomic mass is 19.0. The minimum atomic E-state index is 0. The van der Waals surface area contributed by atoms with Gasteiger partial charge in [0.05, 0.1) is 49.3 Å². The molecule has 0 aromatic carbocycles. The summed E-state index contributed by atoms with van der Waals surface area (Å²) in [4.78, 5) is 0. The predicted molar refractivity (Wildman–Crippen MR) is 160 cm³/mol. The van der Waals surface area contributed by atoms with Gasteiger partial charge in [0.1, 0.15) is 0 Å². The van der Waals surface area contributed by atoms with Crippen molar-refractivity contribution < 1.29 is 4.70 Å². The summed E-state index contributed by atoms with van der Waals surface area (Å²) in [7, 11) is 0. The van der Waals surface area contributed by atoms with E-state index in [0.29, 0.717) is 49.3 Å². The normalized spacial score (nSPS) is 56.2. The van der Waals surface area contributed by atoms with Crippen LogP contribution in [0.25, 0.3) is 0 Å². The maximum Gasteiger partial charge on any atom is 0.0628 e. The lowest BCUT2D eigenvalue weighted by Crippen LogP contribution is -2.61. The Bertz CT molecular complexity index is 716. The van der Waals surface area contributed by atoms with Gasteiger partial charge in [0, 0.05) is 0 Å². The van der Waals surface area contributed by atoms with Crippen molar-refractivity contribution in [2.24, 2.45) is 47.3 Å². The molecule has 9 rings (SSSR count). The molecule has 9 aliphatic rings. The molecule has 4 aliphatic carbocycles. The van der Waals surface area contributed by atoms with Gasteiger partial charge in [-0.15, -0.1) is 0 Å². The number of nitrogens with one attached hydrogen (secondary N) is 8. The van der Waals surface area contributed by atoms with Crippen LogP contribution in [0.3, 0.4) is 0 Å². The van der Waals surface area contributed by atoms with Gasteiger partial charge in [0.25, 0.3) is 0 Å². The molecule has 9 fully saturated rings. The highest BCUT2D eigenvalue weighted by Gasteiger charge is 2.54. The Morgan fingerprint density at radius 3 is 0.463 bits per heavy atom. The van der Waals surface area contributed by atoms with E-state index in [9.17, 15) is 0 Å². The number of halogens is 1. The van der Waals surface area contributed by atoms with E-state index in [1.165, 1.54) is 103 Å². The first kappa shape index (κ1) is 28.1. The van der Waals surface area contributed by atoms with Crippen LogP contribution in [0.5, 0.6) is 0 Å². The zero-order valence-electron chi connectivity index (χ0n) is 25.0. The Hall–Kier alpha value is -0.390. The zero-order valence-corrected chi connectivity index (χ0v) is 25.0. The lowest BCUT2D eigenvalue weighted by molar-refractivity contribution is 0.167. The monoisotopic (exact) mass is 572 g/mol. The van der Waals surface area contributed by atoms with Crippen molar-refractivity contribution in [2.75, 3.05) is 0 Å². The highest BCUT2D eigenvalue weighted by Crippen LogP contribution is 2.45. The molecule has 5 heterocycles. The summed E-state index contributed by atoms with van der Waals surface area (Å²) in [6, 6.07) is 0. The molecule has 0 aromatic rings. The molecule has 0 aromatic heterocycles. The van der Waals surface area contributed by atoms with E-state index < -0.39 is 0 Å². The van der Waals surface area contributed by atoms with Crippen LogP contribution in [0.2, 0.25) is 0 Å². The quantitative estimate of drug-likeness (QED) is 0.225. The Balaban J connectivity index is 0.00000256. The average Bonchev–Trinajstić information content (AvgIpc) is 3.73. The molecule has 8 nitrogen and oxygen atoms in total. The van der Waals surface area contributed by atoms with Gasteiger partial charge >= 0.3 is 0 Å². The molecule has 8 atom stereocenters. The maximum absolute atomic E-state index is 4.26. The molecule has 41 heavy (non-hydrogen) atoms. The molecule has 5 saturated heterocycles. The zero-order chi connectivity index (χ0) is 26.2. The first-order chi connectivity index (χ1) is 19.8. The third kappa shape index (κ3) is 4.84. The van der Waals surface area contributed by atoms with Crippen LogP contribution in [0.1, 0.15) is 103 Å². The highest BCUT2D eigenvalue weighted by molar-refractivity contribution is 5.08. The first-order valence-corrected chi connectivity index (χ1v) is 17.9. The van der Waals surface area contributed by atoms with Crippen molar-refractivity contribution in [2.45, 2.75) is 152 Å². The Kier molecular flexibility index (Phi) is 7.89.